The van der Waals surface area contributed by atoms with Crippen molar-refractivity contribution in [3.63, 3.8) is 0 Å². The molecule has 0 heterocycles. The van der Waals surface area contributed by atoms with Gasteiger partial charge in [-0.2, -0.15) is 0 Å². The Hall–Kier alpha value is -1.87. The molecule has 0 spiro atoms. The van der Waals surface area contributed by atoms with Gasteiger partial charge >= 0.3 is 0 Å². The first-order valence-corrected chi connectivity index (χ1v) is 8.19. The van der Waals surface area contributed by atoms with Crippen LogP contribution in [0.25, 0.3) is 6.08 Å². The van der Waals surface area contributed by atoms with Crippen molar-refractivity contribution >= 4 is 15.9 Å². The third-order valence-electron chi connectivity index (χ3n) is 3.70. The topological polar surface area (TPSA) is 34.1 Å². The second-order valence-corrected chi connectivity index (χ2v) is 7.30. The molecule has 0 saturated heterocycles. The van der Waals surface area contributed by atoms with E-state index >= 15 is 0 Å². The first kappa shape index (κ1) is 13.1. The molecule has 0 amide bonds. The molecular weight excluding hydrogens is 268 g/mol. The molecule has 2 nitrogen and oxygen atoms in total. The van der Waals surface area contributed by atoms with Crippen LogP contribution in [0.1, 0.15) is 29.7 Å². The fraction of sp³-hybridized carbons (Fsp3) is 0.176. The van der Waals surface area contributed by atoms with Crippen LogP contribution < -0.4 is 0 Å². The number of hydrogen-bond acceptors (Lipinski definition) is 2. The summed E-state index contributed by atoms with van der Waals surface area (Å²) in [6, 6.07) is 16.5. The SMILES string of the molecule is CC1=Cc2ccccc2C(S(=O)(=O)c2ccccc2)C1. The van der Waals surface area contributed by atoms with E-state index in [2.05, 4.69) is 6.08 Å². The van der Waals surface area contributed by atoms with E-state index in [1.807, 2.05) is 37.3 Å². The molecule has 0 aromatic heterocycles. The van der Waals surface area contributed by atoms with Gasteiger partial charge in [0.25, 0.3) is 0 Å². The van der Waals surface area contributed by atoms with Gasteiger partial charge in [0.1, 0.15) is 0 Å². The van der Waals surface area contributed by atoms with Crippen molar-refractivity contribution < 1.29 is 8.42 Å². The van der Waals surface area contributed by atoms with Gasteiger partial charge in [0.15, 0.2) is 9.84 Å². The summed E-state index contributed by atoms with van der Waals surface area (Å²) in [5.74, 6) is 0. The van der Waals surface area contributed by atoms with Crippen LogP contribution in [0, 0.1) is 0 Å². The highest BCUT2D eigenvalue weighted by Gasteiger charge is 2.32. The zero-order valence-electron chi connectivity index (χ0n) is 11.3. The van der Waals surface area contributed by atoms with Gasteiger partial charge < -0.3 is 0 Å². The highest BCUT2D eigenvalue weighted by molar-refractivity contribution is 7.91. The number of sulfone groups is 1. The van der Waals surface area contributed by atoms with Gasteiger partial charge in [0.2, 0.25) is 0 Å². The normalized spacial score (nSPS) is 18.2. The number of hydrogen-bond donors (Lipinski definition) is 0. The Morgan fingerprint density at radius 3 is 2.35 bits per heavy atom. The van der Waals surface area contributed by atoms with Gasteiger partial charge in [0.05, 0.1) is 10.1 Å². The predicted molar refractivity (Wildman–Crippen MR) is 81.1 cm³/mol. The monoisotopic (exact) mass is 284 g/mol. The van der Waals surface area contributed by atoms with Crippen molar-refractivity contribution in [3.05, 3.63) is 71.3 Å². The van der Waals surface area contributed by atoms with Gasteiger partial charge in [-0.3, -0.25) is 0 Å². The van der Waals surface area contributed by atoms with E-state index < -0.39 is 15.1 Å². The van der Waals surface area contributed by atoms with Crippen molar-refractivity contribution in [1.29, 1.82) is 0 Å². The van der Waals surface area contributed by atoms with E-state index in [0.717, 1.165) is 16.7 Å². The van der Waals surface area contributed by atoms with E-state index in [-0.39, 0.29) is 0 Å². The number of benzene rings is 2. The number of rotatable bonds is 2. The van der Waals surface area contributed by atoms with Gasteiger partial charge in [0, 0.05) is 0 Å². The summed E-state index contributed by atoms with van der Waals surface area (Å²) in [5.41, 5.74) is 3.02. The van der Waals surface area contributed by atoms with Gasteiger partial charge in [-0.15, -0.1) is 0 Å². The van der Waals surface area contributed by atoms with E-state index in [1.54, 1.807) is 24.3 Å². The summed E-state index contributed by atoms with van der Waals surface area (Å²) in [5, 5.41) is -0.480. The minimum Gasteiger partial charge on any atom is -0.223 e. The van der Waals surface area contributed by atoms with Crippen molar-refractivity contribution in [3.8, 4) is 0 Å². The Morgan fingerprint density at radius 2 is 1.60 bits per heavy atom. The molecule has 1 aliphatic carbocycles. The van der Waals surface area contributed by atoms with Crippen LogP contribution in [0.3, 0.4) is 0 Å². The number of fused-ring (bicyclic) bond motifs is 1. The second kappa shape index (κ2) is 4.91. The molecule has 3 heteroatoms. The lowest BCUT2D eigenvalue weighted by molar-refractivity contribution is 0.580. The van der Waals surface area contributed by atoms with Crippen LogP contribution in [0.4, 0.5) is 0 Å². The third-order valence-corrected chi connectivity index (χ3v) is 5.80. The molecule has 0 radical (unpaired) electrons. The highest BCUT2D eigenvalue weighted by Crippen LogP contribution is 2.39. The average molecular weight is 284 g/mol. The molecule has 1 unspecified atom stereocenters. The maximum atomic E-state index is 12.9. The molecule has 20 heavy (non-hydrogen) atoms. The Labute approximate surface area is 119 Å². The second-order valence-electron chi connectivity index (χ2n) is 5.17. The Morgan fingerprint density at radius 1 is 0.950 bits per heavy atom. The maximum absolute atomic E-state index is 12.9. The van der Waals surface area contributed by atoms with Crippen LogP contribution in [-0.4, -0.2) is 8.42 Å². The molecule has 102 valence electrons. The molecule has 1 aliphatic rings. The maximum Gasteiger partial charge on any atom is 0.185 e. The molecule has 0 aliphatic heterocycles. The summed E-state index contributed by atoms with van der Waals surface area (Å²) in [6.45, 7) is 1.99. The van der Waals surface area contributed by atoms with Crippen molar-refractivity contribution in [2.24, 2.45) is 0 Å². The molecule has 1 atom stereocenters. The van der Waals surface area contributed by atoms with Crippen LogP contribution in [0.2, 0.25) is 0 Å². The molecule has 0 bridgehead atoms. The first-order chi connectivity index (χ1) is 9.59. The molecule has 0 N–H and O–H groups in total. The van der Waals surface area contributed by atoms with Crippen molar-refractivity contribution in [1.82, 2.24) is 0 Å². The predicted octanol–water partition coefficient (Wildman–Crippen LogP) is 4.01. The lowest BCUT2D eigenvalue weighted by Crippen LogP contribution is -2.17. The average Bonchev–Trinajstić information content (AvgIpc) is 2.47. The molecule has 2 aromatic rings. The fourth-order valence-corrected chi connectivity index (χ4v) is 4.61. The smallest absolute Gasteiger partial charge is 0.185 e. The van der Waals surface area contributed by atoms with E-state index in [4.69, 9.17) is 0 Å². The summed E-state index contributed by atoms with van der Waals surface area (Å²) in [6.07, 6.45) is 2.64. The highest BCUT2D eigenvalue weighted by atomic mass is 32.2. The molecule has 0 saturated carbocycles. The summed E-state index contributed by atoms with van der Waals surface area (Å²) in [4.78, 5) is 0.398. The Bertz CT molecular complexity index is 759. The quantitative estimate of drug-likeness (QED) is 0.835. The standard InChI is InChI=1S/C17H16O2S/c1-13-11-14-7-5-6-10-16(14)17(12-13)20(18,19)15-8-3-2-4-9-15/h2-11,17H,12H2,1H3. The summed E-state index contributed by atoms with van der Waals surface area (Å²) >= 11 is 0. The lowest BCUT2D eigenvalue weighted by Gasteiger charge is -2.24. The van der Waals surface area contributed by atoms with E-state index in [1.165, 1.54) is 0 Å². The van der Waals surface area contributed by atoms with Crippen LogP contribution in [0.15, 0.2) is 65.1 Å². The summed E-state index contributed by atoms with van der Waals surface area (Å²) in [7, 11) is -3.35. The molecule has 0 fully saturated rings. The van der Waals surface area contributed by atoms with Gasteiger partial charge in [-0.1, -0.05) is 54.1 Å². The Balaban J connectivity index is 2.14. The van der Waals surface area contributed by atoms with Gasteiger partial charge in [-0.05, 0) is 36.6 Å². The minimum absolute atomic E-state index is 0.398. The minimum atomic E-state index is -3.35. The largest absolute Gasteiger partial charge is 0.223 e. The van der Waals surface area contributed by atoms with Crippen LogP contribution in [0.5, 0.6) is 0 Å². The molecule has 2 aromatic carbocycles. The molecule has 3 rings (SSSR count). The zero-order valence-corrected chi connectivity index (χ0v) is 12.1. The number of allylic oxidation sites excluding steroid dienone is 1. The van der Waals surface area contributed by atoms with E-state index in [0.29, 0.717) is 11.3 Å². The van der Waals surface area contributed by atoms with Crippen molar-refractivity contribution in [2.45, 2.75) is 23.5 Å². The first-order valence-electron chi connectivity index (χ1n) is 6.64. The van der Waals surface area contributed by atoms with Gasteiger partial charge in [-0.25, -0.2) is 8.42 Å². The Kier molecular flexibility index (Phi) is 3.22. The van der Waals surface area contributed by atoms with Crippen molar-refractivity contribution in [2.75, 3.05) is 0 Å². The molecular formula is C17H16O2S. The van der Waals surface area contributed by atoms with Crippen LogP contribution in [-0.2, 0) is 9.84 Å². The third kappa shape index (κ3) is 2.18. The van der Waals surface area contributed by atoms with Crippen LogP contribution >= 0.6 is 0 Å². The summed E-state index contributed by atoms with van der Waals surface area (Å²) < 4.78 is 25.7. The zero-order chi connectivity index (χ0) is 14.2. The fourth-order valence-electron chi connectivity index (χ4n) is 2.71. The lowest BCUT2D eigenvalue weighted by atomic mass is 9.93. The van der Waals surface area contributed by atoms with E-state index in [9.17, 15) is 8.42 Å².